The van der Waals surface area contributed by atoms with Crippen molar-refractivity contribution in [2.24, 2.45) is 17.3 Å². The SMILES string of the molecule is C=C1/C(=C\C=C2/CCC[C@@]3(C)C2CC[C@@H]3C(=C)/C=C/COCC(=O)OC(C)(C)C)C[C@@H](O[Si](c2ccccc2)(c2ccccc2)C(C)(C)C)C[C@@H]1O[Si](c1ccccc1)(c1ccccc1)C(C)(C)C. The minimum absolute atomic E-state index is 0.0635. The van der Waals surface area contributed by atoms with E-state index in [0.717, 1.165) is 43.3 Å². The van der Waals surface area contributed by atoms with Crippen molar-refractivity contribution in [3.05, 3.63) is 181 Å². The standard InChI is InChI=1S/C62H80O5Si2/c1-46(27-26-42-64-45-58(63)65-59(3,4)5)55-39-40-56-48(28-25-41-62(55,56)12)37-38-49-43-50(66-68(60(6,7)8,51-29-17-13-18-30-51)52-31-19-14-20-32-52)44-57(47(49)2)67-69(61(9,10)11,53-33-21-15-22-34-53)54-35-23-16-24-36-54/h13-24,26-27,29-38,50,55-57H,1-2,25,28,39-45H2,3-12H3/b27-26+,48-37+,49-38-/t50-,55-,56?,57+,62-/m1/s1. The number of fused-ring (bicyclic) bond motifs is 1. The Morgan fingerprint density at radius 1 is 0.710 bits per heavy atom. The van der Waals surface area contributed by atoms with E-state index in [-0.39, 0.29) is 40.3 Å². The van der Waals surface area contributed by atoms with E-state index in [1.54, 1.807) is 0 Å². The maximum Gasteiger partial charge on any atom is 0.332 e. The summed E-state index contributed by atoms with van der Waals surface area (Å²) in [4.78, 5) is 12.2. The van der Waals surface area contributed by atoms with E-state index in [0.29, 0.717) is 24.9 Å². The number of hydrogen-bond donors (Lipinski definition) is 0. The molecule has 5 nitrogen and oxygen atoms in total. The van der Waals surface area contributed by atoms with Crippen molar-refractivity contribution in [2.75, 3.05) is 13.2 Å². The average molecular weight is 961 g/mol. The Balaban J connectivity index is 1.25. The molecule has 7 rings (SSSR count). The summed E-state index contributed by atoms with van der Waals surface area (Å²) in [6.07, 6.45) is 15.7. The highest BCUT2D eigenvalue weighted by Gasteiger charge is 2.55. The zero-order valence-electron chi connectivity index (χ0n) is 43.5. The highest BCUT2D eigenvalue weighted by molar-refractivity contribution is 7.00. The van der Waals surface area contributed by atoms with Crippen molar-refractivity contribution < 1.29 is 23.1 Å². The van der Waals surface area contributed by atoms with Crippen LogP contribution >= 0.6 is 0 Å². The second kappa shape index (κ2) is 21.4. The number of ether oxygens (including phenoxy) is 2. The quantitative estimate of drug-likeness (QED) is 0.0514. The van der Waals surface area contributed by atoms with E-state index in [1.807, 2.05) is 26.8 Å². The summed E-state index contributed by atoms with van der Waals surface area (Å²) in [6, 6.07) is 44.1. The van der Waals surface area contributed by atoms with Gasteiger partial charge in [0, 0.05) is 6.42 Å². The largest absolute Gasteiger partial charge is 0.458 e. The average Bonchev–Trinajstić information content (AvgIpc) is 3.67. The molecule has 0 heterocycles. The van der Waals surface area contributed by atoms with Crippen molar-refractivity contribution in [1.82, 2.24) is 0 Å². The molecule has 3 aliphatic rings. The second-order valence-electron chi connectivity index (χ2n) is 23.2. The summed E-state index contributed by atoms with van der Waals surface area (Å²) in [5.41, 5.74) is 4.54. The highest BCUT2D eigenvalue weighted by Crippen LogP contribution is 2.59. The van der Waals surface area contributed by atoms with Gasteiger partial charge in [-0.15, -0.1) is 0 Å². The number of benzene rings is 4. The summed E-state index contributed by atoms with van der Waals surface area (Å²) >= 11 is 0. The van der Waals surface area contributed by atoms with E-state index >= 15 is 0 Å². The van der Waals surface area contributed by atoms with Crippen LogP contribution < -0.4 is 20.7 Å². The van der Waals surface area contributed by atoms with Crippen LogP contribution in [0.25, 0.3) is 0 Å². The van der Waals surface area contributed by atoms with E-state index < -0.39 is 22.2 Å². The molecule has 0 saturated heterocycles. The fourth-order valence-corrected chi connectivity index (χ4v) is 21.6. The van der Waals surface area contributed by atoms with Gasteiger partial charge in [0.25, 0.3) is 16.6 Å². The number of carbonyl (C=O) groups is 1. The first-order chi connectivity index (χ1) is 32.7. The smallest absolute Gasteiger partial charge is 0.332 e. The fraction of sp³-hybridized carbons (Fsp3) is 0.435. The molecule has 4 aromatic carbocycles. The zero-order valence-corrected chi connectivity index (χ0v) is 45.5. The van der Waals surface area contributed by atoms with Crippen LogP contribution in [-0.2, 0) is 23.1 Å². The van der Waals surface area contributed by atoms with Crippen molar-refractivity contribution in [2.45, 2.75) is 142 Å². The van der Waals surface area contributed by atoms with Crippen LogP contribution in [0.1, 0.15) is 114 Å². The van der Waals surface area contributed by atoms with Crippen LogP contribution in [0.4, 0.5) is 0 Å². The minimum Gasteiger partial charge on any atom is -0.458 e. The van der Waals surface area contributed by atoms with Gasteiger partial charge in [-0.2, -0.15) is 0 Å². The van der Waals surface area contributed by atoms with Gasteiger partial charge in [0.2, 0.25) is 0 Å². The molecular formula is C62H80O5Si2. The molecule has 0 N–H and O–H groups in total. The predicted molar refractivity (Wildman–Crippen MR) is 293 cm³/mol. The van der Waals surface area contributed by atoms with Crippen molar-refractivity contribution in [1.29, 1.82) is 0 Å². The molecule has 0 aromatic heterocycles. The minimum atomic E-state index is -2.98. The molecule has 0 aliphatic heterocycles. The van der Waals surface area contributed by atoms with Gasteiger partial charge in [0.05, 0.1) is 18.8 Å². The Morgan fingerprint density at radius 3 is 1.68 bits per heavy atom. The molecule has 0 amide bonds. The Morgan fingerprint density at radius 2 is 1.20 bits per heavy atom. The highest BCUT2D eigenvalue weighted by atomic mass is 28.4. The van der Waals surface area contributed by atoms with Gasteiger partial charge in [-0.1, -0.05) is 218 Å². The molecule has 366 valence electrons. The van der Waals surface area contributed by atoms with Crippen molar-refractivity contribution in [3.63, 3.8) is 0 Å². The third-order valence-corrected chi connectivity index (χ3v) is 25.5. The maximum absolute atomic E-state index is 12.2. The zero-order chi connectivity index (χ0) is 49.7. The van der Waals surface area contributed by atoms with Crippen LogP contribution in [0.2, 0.25) is 10.1 Å². The van der Waals surface area contributed by atoms with Crippen LogP contribution in [0, 0.1) is 17.3 Å². The summed E-state index contributed by atoms with van der Waals surface area (Å²) in [6.45, 7) is 32.2. The van der Waals surface area contributed by atoms with Gasteiger partial charge >= 0.3 is 5.97 Å². The Labute approximate surface area is 418 Å². The second-order valence-corrected chi connectivity index (χ2v) is 31.7. The molecule has 7 heteroatoms. The Hall–Kier alpha value is -4.64. The molecule has 1 unspecified atom stereocenters. The van der Waals surface area contributed by atoms with E-state index in [9.17, 15) is 4.79 Å². The summed E-state index contributed by atoms with van der Waals surface area (Å²) in [5.74, 6) is 0.490. The molecular weight excluding hydrogens is 881 g/mol. The molecule has 69 heavy (non-hydrogen) atoms. The molecule has 0 bridgehead atoms. The lowest BCUT2D eigenvalue weighted by atomic mass is 9.62. The Kier molecular flexibility index (Phi) is 16.2. The Bertz CT molecular complexity index is 2390. The topological polar surface area (TPSA) is 54.0 Å². The molecule has 3 saturated carbocycles. The third kappa shape index (κ3) is 11.3. The molecule has 4 aromatic rings. The van der Waals surface area contributed by atoms with Crippen molar-refractivity contribution >= 4 is 43.4 Å². The number of allylic oxidation sites excluding steroid dienone is 5. The first-order valence-electron chi connectivity index (χ1n) is 25.5. The summed E-state index contributed by atoms with van der Waals surface area (Å²) in [5, 5.41) is 4.72. The van der Waals surface area contributed by atoms with E-state index in [2.05, 4.69) is 195 Å². The van der Waals surface area contributed by atoms with Crippen LogP contribution in [0.5, 0.6) is 0 Å². The lowest BCUT2D eigenvalue weighted by Crippen LogP contribution is -2.69. The van der Waals surface area contributed by atoms with E-state index in [1.165, 1.54) is 38.3 Å². The summed E-state index contributed by atoms with van der Waals surface area (Å²) < 4.78 is 27.2. The lowest BCUT2D eigenvalue weighted by molar-refractivity contribution is -0.159. The third-order valence-electron chi connectivity index (χ3n) is 15.3. The number of rotatable bonds is 15. The predicted octanol–water partition coefficient (Wildman–Crippen LogP) is 12.8. The molecule has 5 atom stereocenters. The van der Waals surface area contributed by atoms with Gasteiger partial charge in [-0.05, 0) is 119 Å². The van der Waals surface area contributed by atoms with Gasteiger partial charge < -0.3 is 18.3 Å². The van der Waals surface area contributed by atoms with Crippen LogP contribution in [0.3, 0.4) is 0 Å². The number of hydrogen-bond acceptors (Lipinski definition) is 5. The monoisotopic (exact) mass is 961 g/mol. The summed E-state index contributed by atoms with van der Waals surface area (Å²) in [7, 11) is -5.91. The fourth-order valence-electron chi connectivity index (χ4n) is 12.2. The lowest BCUT2D eigenvalue weighted by Gasteiger charge is -2.49. The number of esters is 1. The van der Waals surface area contributed by atoms with Gasteiger partial charge in [0.15, 0.2) is 0 Å². The molecule has 3 fully saturated rings. The maximum atomic E-state index is 12.2. The van der Waals surface area contributed by atoms with Gasteiger partial charge in [-0.3, -0.25) is 0 Å². The van der Waals surface area contributed by atoms with Gasteiger partial charge in [-0.25, -0.2) is 4.79 Å². The van der Waals surface area contributed by atoms with E-state index in [4.69, 9.17) is 24.9 Å². The normalized spacial score (nSPS) is 23.9. The molecule has 3 aliphatic carbocycles. The van der Waals surface area contributed by atoms with Crippen LogP contribution in [-0.4, -0.2) is 53.6 Å². The van der Waals surface area contributed by atoms with Gasteiger partial charge in [0.1, 0.15) is 12.2 Å². The first-order valence-corrected chi connectivity index (χ1v) is 29.3. The van der Waals surface area contributed by atoms with Crippen LogP contribution in [0.15, 0.2) is 181 Å². The molecule has 0 spiro atoms. The molecule has 0 radical (unpaired) electrons. The van der Waals surface area contributed by atoms with Crippen molar-refractivity contribution in [3.8, 4) is 0 Å². The first kappa shape index (κ1) is 52.2. The number of carbonyl (C=O) groups excluding carboxylic acids is 1.